The van der Waals surface area contributed by atoms with Gasteiger partial charge in [0.25, 0.3) is 0 Å². The molecule has 0 amide bonds. The Labute approximate surface area is 116 Å². The molecule has 3 aromatic rings. The third kappa shape index (κ3) is 3.07. The number of halogens is 3. The van der Waals surface area contributed by atoms with Gasteiger partial charge in [0.1, 0.15) is 19.1 Å². The highest BCUT2D eigenvalue weighted by Crippen LogP contribution is 2.24. The van der Waals surface area contributed by atoms with Crippen molar-refractivity contribution in [1.29, 1.82) is 0 Å². The summed E-state index contributed by atoms with van der Waals surface area (Å²) < 4.78 is 43.4. The summed E-state index contributed by atoms with van der Waals surface area (Å²) in [7, 11) is 0. The molecule has 21 heavy (non-hydrogen) atoms. The number of aromatic nitrogens is 5. The molecule has 0 unspecified atom stereocenters. The van der Waals surface area contributed by atoms with E-state index >= 15 is 0 Å². The van der Waals surface area contributed by atoms with Crippen LogP contribution in [0.1, 0.15) is 5.89 Å². The van der Waals surface area contributed by atoms with E-state index in [4.69, 9.17) is 4.42 Å². The first-order valence-corrected chi connectivity index (χ1v) is 5.86. The van der Waals surface area contributed by atoms with Crippen molar-refractivity contribution in [3.63, 3.8) is 0 Å². The zero-order chi connectivity index (χ0) is 14.9. The zero-order valence-corrected chi connectivity index (χ0v) is 10.4. The van der Waals surface area contributed by atoms with E-state index in [1.807, 2.05) is 0 Å². The highest BCUT2D eigenvalue weighted by atomic mass is 19.4. The second-order valence-electron chi connectivity index (χ2n) is 4.21. The molecule has 0 fully saturated rings. The Balaban J connectivity index is 1.81. The Morgan fingerprint density at radius 2 is 1.67 bits per heavy atom. The highest BCUT2D eigenvalue weighted by Gasteiger charge is 2.31. The maximum atomic E-state index is 12.2. The Morgan fingerprint density at radius 1 is 1.00 bits per heavy atom. The molecule has 0 saturated heterocycles. The van der Waals surface area contributed by atoms with Gasteiger partial charge in [-0.05, 0) is 24.3 Å². The van der Waals surface area contributed by atoms with E-state index in [1.54, 1.807) is 28.8 Å². The third-order valence-electron chi connectivity index (χ3n) is 2.65. The number of hydrogen-bond donors (Lipinski definition) is 0. The lowest BCUT2D eigenvalue weighted by Gasteiger charge is -2.02. The van der Waals surface area contributed by atoms with Crippen LogP contribution in [0.2, 0.25) is 0 Å². The summed E-state index contributed by atoms with van der Waals surface area (Å²) in [6.07, 6.45) is -2.55. The molecule has 1 aromatic carbocycles. The Kier molecular flexibility index (Phi) is 3.16. The maximum absolute atomic E-state index is 12.2. The number of alkyl halides is 3. The average molecular weight is 295 g/mol. The van der Waals surface area contributed by atoms with Crippen molar-refractivity contribution < 1.29 is 17.6 Å². The van der Waals surface area contributed by atoms with Crippen molar-refractivity contribution in [2.24, 2.45) is 0 Å². The Hall–Kier alpha value is -2.71. The SMILES string of the molecule is FC(F)(F)Cc1nnc(-c2ccc(-n3cnnc3)cc2)o1. The fourth-order valence-corrected chi connectivity index (χ4v) is 1.72. The molecule has 0 aliphatic heterocycles. The van der Waals surface area contributed by atoms with Gasteiger partial charge in [-0.3, -0.25) is 4.57 Å². The van der Waals surface area contributed by atoms with E-state index in [1.165, 1.54) is 12.7 Å². The first-order valence-electron chi connectivity index (χ1n) is 5.86. The van der Waals surface area contributed by atoms with E-state index in [2.05, 4.69) is 20.4 Å². The third-order valence-corrected chi connectivity index (χ3v) is 2.65. The topological polar surface area (TPSA) is 69.6 Å². The molecule has 6 nitrogen and oxygen atoms in total. The molecule has 0 aliphatic carbocycles. The minimum Gasteiger partial charge on any atom is -0.420 e. The predicted octanol–water partition coefficient (Wildman–Crippen LogP) is 2.42. The van der Waals surface area contributed by atoms with E-state index in [0.29, 0.717) is 5.56 Å². The van der Waals surface area contributed by atoms with E-state index in [0.717, 1.165) is 5.69 Å². The quantitative estimate of drug-likeness (QED) is 0.742. The molecule has 108 valence electrons. The summed E-state index contributed by atoms with van der Waals surface area (Å²) in [4.78, 5) is 0. The smallest absolute Gasteiger partial charge is 0.397 e. The monoisotopic (exact) mass is 295 g/mol. The van der Waals surface area contributed by atoms with Crippen molar-refractivity contribution in [2.75, 3.05) is 0 Å². The van der Waals surface area contributed by atoms with Crippen LogP contribution in [0.25, 0.3) is 17.1 Å². The molecule has 9 heteroatoms. The van der Waals surface area contributed by atoms with E-state index in [-0.39, 0.29) is 5.89 Å². The van der Waals surface area contributed by atoms with Crippen molar-refractivity contribution in [3.05, 3.63) is 42.8 Å². The van der Waals surface area contributed by atoms with E-state index in [9.17, 15) is 13.2 Å². The normalized spacial score (nSPS) is 11.8. The van der Waals surface area contributed by atoms with Gasteiger partial charge >= 0.3 is 6.18 Å². The summed E-state index contributed by atoms with van der Waals surface area (Å²) in [5.74, 6) is -0.412. The minimum absolute atomic E-state index is 0.0459. The standard InChI is InChI=1S/C12H8F3N5O/c13-12(14,15)5-10-18-19-11(21-10)8-1-3-9(4-2-8)20-6-16-17-7-20/h1-4,6-7H,5H2. The molecule has 0 radical (unpaired) electrons. The number of nitrogens with zero attached hydrogens (tertiary/aromatic N) is 5. The first-order chi connectivity index (χ1) is 10.0. The largest absolute Gasteiger partial charge is 0.420 e. The van der Waals surface area contributed by atoms with Crippen molar-refractivity contribution in [2.45, 2.75) is 12.6 Å². The summed E-state index contributed by atoms with van der Waals surface area (Å²) in [5.41, 5.74) is 1.34. The van der Waals surface area contributed by atoms with Gasteiger partial charge in [-0.1, -0.05) is 0 Å². The fourth-order valence-electron chi connectivity index (χ4n) is 1.72. The molecule has 2 aromatic heterocycles. The molecule has 0 spiro atoms. The fraction of sp³-hybridized carbons (Fsp3) is 0.167. The molecule has 0 saturated carbocycles. The molecule has 3 rings (SSSR count). The van der Waals surface area contributed by atoms with Crippen LogP contribution in [0, 0.1) is 0 Å². The lowest BCUT2D eigenvalue weighted by molar-refractivity contribution is -0.130. The van der Waals surface area contributed by atoms with Gasteiger partial charge in [-0.2, -0.15) is 13.2 Å². The summed E-state index contributed by atoms with van der Waals surface area (Å²) in [6.45, 7) is 0. The van der Waals surface area contributed by atoms with Gasteiger partial charge < -0.3 is 4.42 Å². The number of hydrogen-bond acceptors (Lipinski definition) is 5. The lowest BCUT2D eigenvalue weighted by atomic mass is 10.2. The van der Waals surface area contributed by atoms with Crippen molar-refractivity contribution in [3.8, 4) is 17.1 Å². The molecule has 0 bridgehead atoms. The van der Waals surface area contributed by atoms with Gasteiger partial charge in [0.15, 0.2) is 0 Å². The molecule has 0 atom stereocenters. The minimum atomic E-state index is -4.37. The van der Waals surface area contributed by atoms with Crippen LogP contribution >= 0.6 is 0 Å². The van der Waals surface area contributed by atoms with Crippen LogP contribution in [-0.4, -0.2) is 31.1 Å². The van der Waals surface area contributed by atoms with Crippen LogP contribution < -0.4 is 0 Å². The van der Waals surface area contributed by atoms with Gasteiger partial charge in [0.05, 0.1) is 0 Å². The van der Waals surface area contributed by atoms with Gasteiger partial charge in [-0.15, -0.1) is 20.4 Å². The lowest BCUT2D eigenvalue weighted by Crippen LogP contribution is -2.11. The number of benzene rings is 1. The Bertz CT molecular complexity index is 718. The Morgan fingerprint density at radius 3 is 2.29 bits per heavy atom. The van der Waals surface area contributed by atoms with Gasteiger partial charge in [0, 0.05) is 11.3 Å². The second kappa shape index (κ2) is 5.00. The average Bonchev–Trinajstić information content (AvgIpc) is 3.08. The molecule has 0 aliphatic rings. The van der Waals surface area contributed by atoms with Crippen LogP contribution in [0.3, 0.4) is 0 Å². The summed E-state index contributed by atoms with van der Waals surface area (Å²) >= 11 is 0. The van der Waals surface area contributed by atoms with Crippen LogP contribution in [0.5, 0.6) is 0 Å². The van der Waals surface area contributed by atoms with Crippen molar-refractivity contribution in [1.82, 2.24) is 25.0 Å². The summed E-state index contributed by atoms with van der Waals surface area (Å²) in [5, 5.41) is 14.4. The predicted molar refractivity (Wildman–Crippen MR) is 64.4 cm³/mol. The highest BCUT2D eigenvalue weighted by molar-refractivity contribution is 5.55. The maximum Gasteiger partial charge on any atom is 0.397 e. The second-order valence-corrected chi connectivity index (χ2v) is 4.21. The van der Waals surface area contributed by atoms with Gasteiger partial charge in [0.2, 0.25) is 11.8 Å². The van der Waals surface area contributed by atoms with Gasteiger partial charge in [-0.25, -0.2) is 0 Å². The molecular weight excluding hydrogens is 287 g/mol. The number of rotatable bonds is 3. The van der Waals surface area contributed by atoms with Crippen LogP contribution in [-0.2, 0) is 6.42 Å². The summed E-state index contributed by atoms with van der Waals surface area (Å²) in [6, 6.07) is 6.82. The molecule has 2 heterocycles. The van der Waals surface area contributed by atoms with Crippen molar-refractivity contribution >= 4 is 0 Å². The van der Waals surface area contributed by atoms with Crippen LogP contribution in [0.15, 0.2) is 41.3 Å². The van der Waals surface area contributed by atoms with E-state index < -0.39 is 18.5 Å². The zero-order valence-electron chi connectivity index (χ0n) is 10.4. The molecule has 0 N–H and O–H groups in total. The van der Waals surface area contributed by atoms with Crippen LogP contribution in [0.4, 0.5) is 13.2 Å². The first kappa shape index (κ1) is 13.3. The molecular formula is C12H8F3N5O.